The largest absolute Gasteiger partial charge is 0.497 e. The number of rotatable bonds is 8. The monoisotopic (exact) mass is 505 g/mol. The molecule has 2 saturated carbocycles. The Morgan fingerprint density at radius 1 is 1.20 bits per heavy atom. The van der Waals surface area contributed by atoms with E-state index in [1.807, 2.05) is 13.8 Å². The number of carboxylic acids is 1. The summed E-state index contributed by atoms with van der Waals surface area (Å²) >= 11 is 6.25. The van der Waals surface area contributed by atoms with Crippen LogP contribution in [0.2, 0.25) is 5.02 Å². The Bertz CT molecular complexity index is 1100. The number of carbonyl (C=O) groups is 5. The van der Waals surface area contributed by atoms with Gasteiger partial charge in [-0.25, -0.2) is 0 Å². The fourth-order valence-corrected chi connectivity index (χ4v) is 5.48. The van der Waals surface area contributed by atoms with E-state index in [1.165, 1.54) is 24.1 Å². The smallest absolute Gasteiger partial charge is 0.309 e. The molecule has 10 nitrogen and oxygen atoms in total. The Morgan fingerprint density at radius 2 is 1.89 bits per heavy atom. The van der Waals surface area contributed by atoms with E-state index < -0.39 is 40.8 Å². The van der Waals surface area contributed by atoms with Gasteiger partial charge in [-0.05, 0) is 49.3 Å². The second kappa shape index (κ2) is 8.82. The van der Waals surface area contributed by atoms with Crippen LogP contribution < -0.4 is 15.4 Å². The van der Waals surface area contributed by atoms with E-state index in [1.54, 1.807) is 6.07 Å². The Morgan fingerprint density at radius 3 is 2.40 bits per heavy atom. The molecule has 5 atom stereocenters. The Labute approximate surface area is 207 Å². The van der Waals surface area contributed by atoms with Crippen molar-refractivity contribution in [1.82, 2.24) is 15.5 Å². The van der Waals surface area contributed by atoms with Crippen LogP contribution in [0, 0.1) is 17.8 Å². The van der Waals surface area contributed by atoms with Crippen LogP contribution in [0.5, 0.6) is 5.75 Å². The van der Waals surface area contributed by atoms with Crippen LogP contribution in [-0.4, -0.2) is 70.8 Å². The van der Waals surface area contributed by atoms with Gasteiger partial charge in [0.2, 0.25) is 11.8 Å². The first-order chi connectivity index (χ1) is 16.5. The number of aliphatic carboxylic acids is 1. The van der Waals surface area contributed by atoms with Crippen LogP contribution >= 0.6 is 11.6 Å². The number of aldehydes is 1. The molecule has 0 spiro atoms. The SMILES string of the molecule is COc1ccc(C(=O)NC2(C(=O)N3CCC[C@H]3C(=O)NC3(C=O)CC3C(=O)O)C(C)C2C)c(Cl)c1. The fraction of sp³-hybridized carbons (Fsp3) is 0.542. The third-order valence-electron chi connectivity index (χ3n) is 7.86. The highest BCUT2D eigenvalue weighted by atomic mass is 35.5. The number of halogens is 1. The second-order valence-electron chi connectivity index (χ2n) is 9.65. The van der Waals surface area contributed by atoms with Crippen molar-refractivity contribution in [3.05, 3.63) is 28.8 Å². The molecule has 1 aromatic carbocycles. The molecule has 3 amide bonds. The van der Waals surface area contributed by atoms with Crippen LogP contribution in [0.15, 0.2) is 18.2 Å². The van der Waals surface area contributed by atoms with Crippen LogP contribution in [0.1, 0.15) is 43.5 Å². The van der Waals surface area contributed by atoms with Crippen LogP contribution in [-0.2, 0) is 19.2 Å². The zero-order valence-electron chi connectivity index (χ0n) is 19.7. The number of hydrogen-bond donors (Lipinski definition) is 3. The van der Waals surface area contributed by atoms with Crippen molar-refractivity contribution < 1.29 is 33.8 Å². The predicted octanol–water partition coefficient (Wildman–Crippen LogP) is 1.25. The van der Waals surface area contributed by atoms with E-state index in [9.17, 15) is 29.1 Å². The van der Waals surface area contributed by atoms with Crippen molar-refractivity contribution in [3.63, 3.8) is 0 Å². The number of carbonyl (C=O) groups excluding carboxylic acids is 4. The molecule has 35 heavy (non-hydrogen) atoms. The molecular formula is C24H28ClN3O7. The first-order valence-corrected chi connectivity index (χ1v) is 11.9. The highest BCUT2D eigenvalue weighted by Crippen LogP contribution is 2.52. The maximum absolute atomic E-state index is 13.8. The minimum absolute atomic E-state index is 0.0227. The van der Waals surface area contributed by atoms with E-state index in [4.69, 9.17) is 16.3 Å². The molecule has 0 bridgehead atoms. The summed E-state index contributed by atoms with van der Waals surface area (Å²) in [7, 11) is 1.48. The number of amides is 3. The molecule has 4 unspecified atom stereocenters. The molecule has 3 aliphatic rings. The zero-order chi connectivity index (χ0) is 25.7. The van der Waals surface area contributed by atoms with Gasteiger partial charge in [0.1, 0.15) is 29.2 Å². The molecule has 1 heterocycles. The van der Waals surface area contributed by atoms with Crippen LogP contribution in [0.3, 0.4) is 0 Å². The van der Waals surface area contributed by atoms with Gasteiger partial charge in [-0.1, -0.05) is 25.4 Å². The Balaban J connectivity index is 1.52. The van der Waals surface area contributed by atoms with E-state index >= 15 is 0 Å². The third kappa shape index (κ3) is 4.03. The molecule has 188 valence electrons. The third-order valence-corrected chi connectivity index (χ3v) is 8.17. The van der Waals surface area contributed by atoms with Crippen LogP contribution in [0.4, 0.5) is 0 Å². The van der Waals surface area contributed by atoms with Gasteiger partial charge in [0.05, 0.1) is 23.6 Å². The summed E-state index contributed by atoms with van der Waals surface area (Å²) in [4.78, 5) is 64.1. The number of nitrogens with one attached hydrogen (secondary N) is 2. The molecule has 0 aromatic heterocycles. The van der Waals surface area contributed by atoms with Gasteiger partial charge in [-0.15, -0.1) is 0 Å². The summed E-state index contributed by atoms with van der Waals surface area (Å²) in [5, 5.41) is 14.8. The van der Waals surface area contributed by atoms with Crippen molar-refractivity contribution in [2.45, 2.75) is 50.2 Å². The zero-order valence-corrected chi connectivity index (χ0v) is 20.4. The van der Waals surface area contributed by atoms with Crippen LogP contribution in [0.25, 0.3) is 0 Å². The summed E-state index contributed by atoms with van der Waals surface area (Å²) < 4.78 is 5.11. The average Bonchev–Trinajstić information content (AvgIpc) is 3.56. The van der Waals surface area contributed by atoms with Gasteiger partial charge in [-0.3, -0.25) is 19.2 Å². The lowest BCUT2D eigenvalue weighted by Crippen LogP contribution is -2.57. The van der Waals surface area contributed by atoms with Gasteiger partial charge in [-0.2, -0.15) is 0 Å². The first kappa shape index (κ1) is 25.0. The minimum atomic E-state index is -1.43. The number of methoxy groups -OCH3 is 1. The maximum Gasteiger partial charge on any atom is 0.309 e. The maximum atomic E-state index is 13.8. The summed E-state index contributed by atoms with van der Waals surface area (Å²) in [6.07, 6.45) is 1.42. The van der Waals surface area contributed by atoms with E-state index in [-0.39, 0.29) is 34.7 Å². The van der Waals surface area contributed by atoms with Gasteiger partial charge in [0.15, 0.2) is 0 Å². The summed E-state index contributed by atoms with van der Waals surface area (Å²) in [5.41, 5.74) is -2.44. The molecular weight excluding hydrogens is 478 g/mol. The van der Waals surface area contributed by atoms with Gasteiger partial charge < -0.3 is 30.2 Å². The number of ether oxygens (including phenoxy) is 1. The Hall–Kier alpha value is -3.14. The highest BCUT2D eigenvalue weighted by Gasteiger charge is 2.68. The molecule has 11 heteroatoms. The predicted molar refractivity (Wildman–Crippen MR) is 124 cm³/mol. The molecule has 1 aromatic rings. The van der Waals surface area contributed by atoms with Crippen molar-refractivity contribution in [1.29, 1.82) is 0 Å². The fourth-order valence-electron chi connectivity index (χ4n) is 5.23. The number of likely N-dealkylation sites (tertiary alicyclic amines) is 1. The lowest BCUT2D eigenvalue weighted by Gasteiger charge is -2.30. The summed E-state index contributed by atoms with van der Waals surface area (Å²) in [6, 6.07) is 3.77. The number of hydrogen-bond acceptors (Lipinski definition) is 6. The number of nitrogens with zero attached hydrogens (tertiary/aromatic N) is 1. The summed E-state index contributed by atoms with van der Waals surface area (Å²) in [6.45, 7) is 4.02. The van der Waals surface area contributed by atoms with E-state index in [0.29, 0.717) is 31.4 Å². The molecule has 3 N–H and O–H groups in total. The molecule has 4 rings (SSSR count). The standard InChI is InChI=1S/C24H28ClN3O7/c1-12-13(2)24(12,27-19(30)15-7-6-14(35-3)9-17(15)25)22(34)28-8-4-5-18(28)20(31)26-23(11-29)10-16(23)21(32)33/h6-7,9,11-13,16,18H,4-5,8,10H2,1-3H3,(H,26,31)(H,27,30)(H,32,33)/t12?,13?,16?,18-,23?,24?/m0/s1. The molecule has 1 saturated heterocycles. The normalized spacial score (nSPS) is 33.0. The van der Waals surface area contributed by atoms with Crippen molar-refractivity contribution >= 4 is 41.6 Å². The van der Waals surface area contributed by atoms with Gasteiger partial charge in [0.25, 0.3) is 5.91 Å². The molecule has 2 aliphatic carbocycles. The first-order valence-electron chi connectivity index (χ1n) is 11.5. The lowest BCUT2D eigenvalue weighted by molar-refractivity contribution is -0.143. The summed E-state index contributed by atoms with van der Waals surface area (Å²) in [5.74, 6) is -3.45. The average molecular weight is 506 g/mol. The topological polar surface area (TPSA) is 142 Å². The number of benzene rings is 1. The van der Waals surface area contributed by atoms with Gasteiger partial charge >= 0.3 is 5.97 Å². The lowest BCUT2D eigenvalue weighted by atomic mass is 10.1. The quantitative estimate of drug-likeness (QED) is 0.451. The molecule has 1 aliphatic heterocycles. The van der Waals surface area contributed by atoms with Gasteiger partial charge in [0, 0.05) is 6.54 Å². The van der Waals surface area contributed by atoms with Crippen molar-refractivity contribution in [3.8, 4) is 5.75 Å². The van der Waals surface area contributed by atoms with Crippen molar-refractivity contribution in [2.75, 3.05) is 13.7 Å². The van der Waals surface area contributed by atoms with Crippen molar-refractivity contribution in [2.24, 2.45) is 17.8 Å². The minimum Gasteiger partial charge on any atom is -0.497 e. The van der Waals surface area contributed by atoms with E-state index in [2.05, 4.69) is 10.6 Å². The molecule has 3 fully saturated rings. The number of carboxylic acid groups (broad SMARTS) is 1. The highest BCUT2D eigenvalue weighted by molar-refractivity contribution is 6.34. The Kier molecular flexibility index (Phi) is 6.29. The van der Waals surface area contributed by atoms with E-state index in [0.717, 1.165) is 0 Å². The molecule has 0 radical (unpaired) electrons. The second-order valence-corrected chi connectivity index (χ2v) is 10.1.